The van der Waals surface area contributed by atoms with E-state index in [0.717, 1.165) is 37.2 Å². The van der Waals surface area contributed by atoms with Gasteiger partial charge in [0, 0.05) is 17.3 Å². The molecule has 2 rings (SSSR count). The van der Waals surface area contributed by atoms with Crippen LogP contribution in [0.4, 0.5) is 5.69 Å². The average molecular weight is 267 g/mol. The number of nitrogens with one attached hydrogen (secondary N) is 1. The monoisotopic (exact) mass is 266 g/mol. The number of amides is 1. The van der Waals surface area contributed by atoms with Gasteiger partial charge in [-0.3, -0.25) is 4.79 Å². The average Bonchev–Trinajstić information content (AvgIpc) is 2.72. The minimum Gasteiger partial charge on any atom is -0.311 e. The van der Waals surface area contributed by atoms with Crippen molar-refractivity contribution in [2.45, 2.75) is 32.7 Å². The van der Waals surface area contributed by atoms with Gasteiger partial charge in [0.1, 0.15) is 0 Å². The summed E-state index contributed by atoms with van der Waals surface area (Å²) in [5.41, 5.74) is 1.91. The molecule has 0 saturated carbocycles. The van der Waals surface area contributed by atoms with Crippen molar-refractivity contribution in [2.24, 2.45) is 0 Å². The topological polar surface area (TPSA) is 32.3 Å². The second-order valence-electron chi connectivity index (χ2n) is 4.67. The van der Waals surface area contributed by atoms with E-state index in [1.54, 1.807) is 0 Å². The summed E-state index contributed by atoms with van der Waals surface area (Å²) in [7, 11) is 0. The number of carbonyl (C=O) groups excluding carboxylic acids is 1. The largest absolute Gasteiger partial charge is 0.311 e. The summed E-state index contributed by atoms with van der Waals surface area (Å²) in [5.74, 6) is 0.161. The number of hydrogen-bond acceptors (Lipinski definition) is 2. The molecule has 1 aromatic carbocycles. The molecule has 1 heterocycles. The van der Waals surface area contributed by atoms with E-state index in [1.807, 2.05) is 30.0 Å². The summed E-state index contributed by atoms with van der Waals surface area (Å²) in [6.45, 7) is 5.71. The molecule has 1 fully saturated rings. The van der Waals surface area contributed by atoms with Crippen molar-refractivity contribution in [1.82, 2.24) is 5.32 Å². The van der Waals surface area contributed by atoms with E-state index < -0.39 is 0 Å². The van der Waals surface area contributed by atoms with E-state index in [1.165, 1.54) is 0 Å². The lowest BCUT2D eigenvalue weighted by molar-refractivity contribution is -0.118. The Morgan fingerprint density at radius 2 is 2.28 bits per heavy atom. The Bertz CT molecular complexity index is 447. The molecule has 0 spiro atoms. The summed E-state index contributed by atoms with van der Waals surface area (Å²) >= 11 is 6.11. The summed E-state index contributed by atoms with van der Waals surface area (Å²) in [6.07, 6.45) is 1.91. The molecule has 1 unspecified atom stereocenters. The highest BCUT2D eigenvalue weighted by Gasteiger charge is 2.32. The highest BCUT2D eigenvalue weighted by Crippen LogP contribution is 2.29. The second kappa shape index (κ2) is 5.72. The summed E-state index contributed by atoms with van der Waals surface area (Å²) < 4.78 is 0. The van der Waals surface area contributed by atoms with Gasteiger partial charge in [0.25, 0.3) is 0 Å². The van der Waals surface area contributed by atoms with Crippen molar-refractivity contribution in [3.63, 3.8) is 0 Å². The Kier molecular flexibility index (Phi) is 4.25. The van der Waals surface area contributed by atoms with Gasteiger partial charge in [-0.05, 0) is 44.0 Å². The maximum atomic E-state index is 12.3. The number of nitrogens with zero attached hydrogens (tertiary/aromatic N) is 1. The zero-order chi connectivity index (χ0) is 13.1. The van der Waals surface area contributed by atoms with E-state index in [4.69, 9.17) is 11.6 Å². The van der Waals surface area contributed by atoms with Gasteiger partial charge >= 0.3 is 0 Å². The Morgan fingerprint density at radius 3 is 3.00 bits per heavy atom. The van der Waals surface area contributed by atoms with Gasteiger partial charge in [-0.1, -0.05) is 24.6 Å². The van der Waals surface area contributed by atoms with Crippen LogP contribution in [0, 0.1) is 6.92 Å². The van der Waals surface area contributed by atoms with Crippen LogP contribution in [-0.2, 0) is 4.79 Å². The number of hydrogen-bond donors (Lipinski definition) is 1. The fourth-order valence-corrected chi connectivity index (χ4v) is 2.49. The normalized spacial score (nSPS) is 19.6. The molecule has 1 aliphatic rings. The van der Waals surface area contributed by atoms with E-state index >= 15 is 0 Å². The molecular formula is C14H19ClN2O. The van der Waals surface area contributed by atoms with Crippen molar-refractivity contribution < 1.29 is 4.79 Å². The molecule has 0 aliphatic carbocycles. The predicted molar refractivity (Wildman–Crippen MR) is 75.2 cm³/mol. The van der Waals surface area contributed by atoms with Crippen molar-refractivity contribution in [2.75, 3.05) is 18.0 Å². The van der Waals surface area contributed by atoms with E-state index in [9.17, 15) is 4.79 Å². The molecule has 1 atom stereocenters. The van der Waals surface area contributed by atoms with Gasteiger partial charge in [0.15, 0.2) is 0 Å². The smallest absolute Gasteiger partial charge is 0.244 e. The predicted octanol–water partition coefficient (Wildman–Crippen LogP) is 2.75. The third kappa shape index (κ3) is 2.52. The lowest BCUT2D eigenvalue weighted by atomic mass is 10.2. The first-order valence-corrected chi connectivity index (χ1v) is 6.82. The van der Waals surface area contributed by atoms with Crippen molar-refractivity contribution >= 4 is 23.2 Å². The maximum Gasteiger partial charge on any atom is 0.244 e. The van der Waals surface area contributed by atoms with Crippen LogP contribution >= 0.6 is 11.6 Å². The minimum absolute atomic E-state index is 0.0386. The summed E-state index contributed by atoms with van der Waals surface area (Å²) in [4.78, 5) is 14.1. The van der Waals surface area contributed by atoms with E-state index in [0.29, 0.717) is 5.02 Å². The van der Waals surface area contributed by atoms with Crippen molar-refractivity contribution in [3.8, 4) is 0 Å². The fourth-order valence-electron chi connectivity index (χ4n) is 2.32. The number of anilines is 1. The lowest BCUT2D eigenvalue weighted by Crippen LogP contribution is -2.38. The minimum atomic E-state index is -0.0386. The molecule has 1 aliphatic heterocycles. The molecule has 1 amide bonds. The second-order valence-corrected chi connectivity index (χ2v) is 5.08. The standard InChI is InChI=1S/C14H19ClN2O/c1-3-8-16-12-7-9-17(14(12)18)13-6-4-5-11(15)10(13)2/h4-6,12,16H,3,7-9H2,1-2H3. The summed E-state index contributed by atoms with van der Waals surface area (Å²) in [6, 6.07) is 5.67. The number of benzene rings is 1. The molecule has 1 N–H and O–H groups in total. The van der Waals surface area contributed by atoms with Gasteiger partial charge in [-0.2, -0.15) is 0 Å². The third-order valence-electron chi connectivity index (χ3n) is 3.38. The van der Waals surface area contributed by atoms with Gasteiger partial charge in [0.2, 0.25) is 5.91 Å². The van der Waals surface area contributed by atoms with Crippen LogP contribution in [0.15, 0.2) is 18.2 Å². The Labute approximate surface area is 113 Å². The molecular weight excluding hydrogens is 248 g/mol. The molecule has 3 nitrogen and oxygen atoms in total. The number of halogens is 1. The first-order chi connectivity index (χ1) is 8.65. The lowest BCUT2D eigenvalue weighted by Gasteiger charge is -2.20. The van der Waals surface area contributed by atoms with Crippen LogP contribution in [-0.4, -0.2) is 25.0 Å². The van der Waals surface area contributed by atoms with E-state index in [2.05, 4.69) is 12.2 Å². The molecule has 18 heavy (non-hydrogen) atoms. The maximum absolute atomic E-state index is 12.3. The molecule has 1 saturated heterocycles. The Balaban J connectivity index is 2.16. The van der Waals surface area contributed by atoms with Crippen LogP contribution in [0.2, 0.25) is 5.02 Å². The molecule has 98 valence electrons. The van der Waals surface area contributed by atoms with Crippen molar-refractivity contribution in [3.05, 3.63) is 28.8 Å². The van der Waals surface area contributed by atoms with Gasteiger partial charge in [0.05, 0.1) is 6.04 Å². The van der Waals surface area contributed by atoms with Crippen molar-refractivity contribution in [1.29, 1.82) is 0 Å². The molecule has 0 radical (unpaired) electrons. The van der Waals surface area contributed by atoms with E-state index in [-0.39, 0.29) is 11.9 Å². The molecule has 0 bridgehead atoms. The van der Waals surface area contributed by atoms with Crippen LogP contribution in [0.1, 0.15) is 25.3 Å². The molecule has 4 heteroatoms. The number of rotatable bonds is 4. The quantitative estimate of drug-likeness (QED) is 0.909. The Hall–Kier alpha value is -1.06. The molecule has 0 aromatic heterocycles. The zero-order valence-electron chi connectivity index (χ0n) is 10.9. The first-order valence-electron chi connectivity index (χ1n) is 6.45. The number of carbonyl (C=O) groups is 1. The van der Waals surface area contributed by atoms with Crippen LogP contribution in [0.3, 0.4) is 0 Å². The Morgan fingerprint density at radius 1 is 1.50 bits per heavy atom. The van der Waals surface area contributed by atoms with Gasteiger partial charge < -0.3 is 10.2 Å². The zero-order valence-corrected chi connectivity index (χ0v) is 11.6. The van der Waals surface area contributed by atoms with Crippen LogP contribution in [0.25, 0.3) is 0 Å². The van der Waals surface area contributed by atoms with Crippen LogP contribution in [0.5, 0.6) is 0 Å². The first kappa shape index (κ1) is 13.4. The highest BCUT2D eigenvalue weighted by atomic mass is 35.5. The fraction of sp³-hybridized carbons (Fsp3) is 0.500. The summed E-state index contributed by atoms with van der Waals surface area (Å²) in [5, 5.41) is 4.00. The molecule has 1 aromatic rings. The SMILES string of the molecule is CCCNC1CCN(c2cccc(Cl)c2C)C1=O. The third-order valence-corrected chi connectivity index (χ3v) is 3.79. The van der Waals surface area contributed by atoms with Crippen LogP contribution < -0.4 is 10.2 Å². The van der Waals surface area contributed by atoms with Gasteiger partial charge in [-0.15, -0.1) is 0 Å². The van der Waals surface area contributed by atoms with Gasteiger partial charge in [-0.25, -0.2) is 0 Å². The highest BCUT2D eigenvalue weighted by molar-refractivity contribution is 6.31.